The van der Waals surface area contributed by atoms with Gasteiger partial charge in [0.25, 0.3) is 0 Å². The number of methoxy groups -OCH3 is 1. The monoisotopic (exact) mass is 290 g/mol. The van der Waals surface area contributed by atoms with E-state index >= 15 is 0 Å². The molecular formula is C15H15FN2O3. The topological polar surface area (TPSA) is 70.6 Å². The summed E-state index contributed by atoms with van der Waals surface area (Å²) in [5.74, 6) is -0.389. The summed E-state index contributed by atoms with van der Waals surface area (Å²) in [4.78, 5) is 11.0. The number of hydrogen-bond donors (Lipinski definition) is 3. The second-order valence-electron chi connectivity index (χ2n) is 4.33. The summed E-state index contributed by atoms with van der Waals surface area (Å²) in [6.45, 7) is 0.442. The van der Waals surface area contributed by atoms with Gasteiger partial charge in [-0.05, 0) is 35.9 Å². The molecule has 0 fully saturated rings. The van der Waals surface area contributed by atoms with Crippen LogP contribution in [0.4, 0.5) is 20.6 Å². The third-order valence-corrected chi connectivity index (χ3v) is 2.80. The molecule has 2 rings (SSSR count). The number of benzene rings is 2. The van der Waals surface area contributed by atoms with E-state index in [0.29, 0.717) is 12.2 Å². The molecule has 0 radical (unpaired) electrons. The molecule has 0 aliphatic carbocycles. The van der Waals surface area contributed by atoms with E-state index in [1.54, 1.807) is 24.3 Å². The van der Waals surface area contributed by atoms with E-state index in [1.807, 2.05) is 6.07 Å². The van der Waals surface area contributed by atoms with Crippen molar-refractivity contribution >= 4 is 17.5 Å². The molecule has 2 aromatic rings. The maximum absolute atomic E-state index is 13.8. The Morgan fingerprint density at radius 1 is 1.29 bits per heavy atom. The van der Waals surface area contributed by atoms with Gasteiger partial charge in [0.05, 0.1) is 12.8 Å². The van der Waals surface area contributed by atoms with Gasteiger partial charge < -0.3 is 15.2 Å². The maximum atomic E-state index is 13.8. The number of halogens is 1. The lowest BCUT2D eigenvalue weighted by Gasteiger charge is -2.09. The average Bonchev–Trinajstić information content (AvgIpc) is 2.47. The fraction of sp³-hybridized carbons (Fsp3) is 0.133. The first-order valence-electron chi connectivity index (χ1n) is 6.25. The highest BCUT2D eigenvalue weighted by molar-refractivity contribution is 5.84. The Balaban J connectivity index is 2.01. The molecule has 0 saturated heterocycles. The van der Waals surface area contributed by atoms with Crippen LogP contribution in [0.1, 0.15) is 5.56 Å². The summed E-state index contributed by atoms with van der Waals surface area (Å²) >= 11 is 0. The molecule has 0 bridgehead atoms. The summed E-state index contributed by atoms with van der Waals surface area (Å²) in [7, 11) is 1.21. The molecule has 6 heteroatoms. The molecule has 2 aromatic carbocycles. The zero-order valence-corrected chi connectivity index (χ0v) is 11.4. The van der Waals surface area contributed by atoms with E-state index in [0.717, 1.165) is 5.56 Å². The van der Waals surface area contributed by atoms with Crippen molar-refractivity contribution in [2.45, 2.75) is 6.54 Å². The summed E-state index contributed by atoms with van der Waals surface area (Å²) in [6, 6.07) is 11.1. The lowest BCUT2D eigenvalue weighted by molar-refractivity contribution is 0.187. The van der Waals surface area contributed by atoms with Crippen molar-refractivity contribution in [3.63, 3.8) is 0 Å². The van der Waals surface area contributed by atoms with Crippen LogP contribution >= 0.6 is 0 Å². The molecule has 21 heavy (non-hydrogen) atoms. The number of phenols is 1. The van der Waals surface area contributed by atoms with Crippen molar-refractivity contribution in [2.75, 3.05) is 17.7 Å². The molecule has 0 aliphatic rings. The Labute approximate surface area is 121 Å². The molecule has 0 atom stereocenters. The highest BCUT2D eigenvalue weighted by Gasteiger charge is 2.07. The van der Waals surface area contributed by atoms with Gasteiger partial charge in [-0.25, -0.2) is 9.18 Å². The Bertz CT molecular complexity index is 647. The summed E-state index contributed by atoms with van der Waals surface area (Å²) in [5, 5.41) is 14.7. The van der Waals surface area contributed by atoms with Gasteiger partial charge in [-0.1, -0.05) is 12.1 Å². The van der Waals surface area contributed by atoms with Gasteiger partial charge in [0.15, 0.2) is 0 Å². The van der Waals surface area contributed by atoms with Gasteiger partial charge in [-0.15, -0.1) is 0 Å². The quantitative estimate of drug-likeness (QED) is 0.808. The van der Waals surface area contributed by atoms with Crippen molar-refractivity contribution in [3.8, 4) is 5.75 Å². The number of anilines is 2. The minimum atomic E-state index is -0.727. The number of carbonyl (C=O) groups is 1. The predicted molar refractivity (Wildman–Crippen MR) is 77.9 cm³/mol. The van der Waals surface area contributed by atoms with Crippen LogP contribution in [0.25, 0.3) is 0 Å². The molecule has 1 amide bonds. The highest BCUT2D eigenvalue weighted by Crippen LogP contribution is 2.20. The van der Waals surface area contributed by atoms with E-state index in [4.69, 9.17) is 0 Å². The van der Waals surface area contributed by atoms with Gasteiger partial charge >= 0.3 is 6.09 Å². The Morgan fingerprint density at radius 2 is 2.10 bits per heavy atom. The van der Waals surface area contributed by atoms with E-state index < -0.39 is 11.9 Å². The third kappa shape index (κ3) is 4.10. The first kappa shape index (κ1) is 14.6. The highest BCUT2D eigenvalue weighted by atomic mass is 19.1. The second kappa shape index (κ2) is 6.60. The Morgan fingerprint density at radius 3 is 2.76 bits per heavy atom. The summed E-state index contributed by atoms with van der Waals surface area (Å²) in [6.07, 6.45) is -0.727. The molecule has 0 aliphatic heterocycles. The normalized spacial score (nSPS) is 10.0. The van der Waals surface area contributed by atoms with Crippen LogP contribution in [0.15, 0.2) is 42.5 Å². The van der Waals surface area contributed by atoms with Crippen LogP contribution < -0.4 is 10.6 Å². The zero-order valence-electron chi connectivity index (χ0n) is 11.4. The van der Waals surface area contributed by atoms with Crippen LogP contribution in [0.2, 0.25) is 0 Å². The number of amides is 1. The first-order valence-corrected chi connectivity index (χ1v) is 6.25. The Hall–Kier alpha value is -2.76. The first-order chi connectivity index (χ1) is 10.1. The minimum absolute atomic E-state index is 0.0461. The molecule has 0 spiro atoms. The van der Waals surface area contributed by atoms with Crippen molar-refractivity contribution in [1.29, 1.82) is 0 Å². The average molecular weight is 290 g/mol. The summed E-state index contributed by atoms with van der Waals surface area (Å²) < 4.78 is 18.2. The van der Waals surface area contributed by atoms with Gasteiger partial charge in [0.2, 0.25) is 0 Å². The van der Waals surface area contributed by atoms with Crippen LogP contribution in [-0.4, -0.2) is 18.3 Å². The van der Waals surface area contributed by atoms with E-state index in [2.05, 4.69) is 15.4 Å². The largest absolute Gasteiger partial charge is 0.508 e. The fourth-order valence-electron chi connectivity index (χ4n) is 1.76. The van der Waals surface area contributed by atoms with Crippen LogP contribution in [0.3, 0.4) is 0 Å². The summed E-state index contributed by atoms with van der Waals surface area (Å²) in [5.41, 5.74) is 1.48. The van der Waals surface area contributed by atoms with Gasteiger partial charge in [0.1, 0.15) is 11.6 Å². The maximum Gasteiger partial charge on any atom is 0.411 e. The third-order valence-electron chi connectivity index (χ3n) is 2.80. The number of nitrogens with one attached hydrogen (secondary N) is 2. The van der Waals surface area contributed by atoms with Crippen molar-refractivity contribution in [2.24, 2.45) is 0 Å². The van der Waals surface area contributed by atoms with Crippen molar-refractivity contribution < 1.29 is 19.0 Å². The zero-order chi connectivity index (χ0) is 15.2. The van der Waals surface area contributed by atoms with Crippen LogP contribution in [-0.2, 0) is 11.3 Å². The number of hydrogen-bond acceptors (Lipinski definition) is 4. The molecule has 0 aromatic heterocycles. The molecule has 3 N–H and O–H groups in total. The number of aromatic hydroxyl groups is 1. The van der Waals surface area contributed by atoms with Crippen molar-refractivity contribution in [3.05, 3.63) is 53.8 Å². The smallest absolute Gasteiger partial charge is 0.411 e. The lowest BCUT2D eigenvalue weighted by atomic mass is 10.2. The molecule has 110 valence electrons. The molecule has 5 nitrogen and oxygen atoms in total. The van der Waals surface area contributed by atoms with Crippen molar-refractivity contribution in [1.82, 2.24) is 0 Å². The number of rotatable bonds is 4. The van der Waals surface area contributed by atoms with Gasteiger partial charge in [-0.3, -0.25) is 5.32 Å². The molecule has 0 heterocycles. The minimum Gasteiger partial charge on any atom is -0.508 e. The van der Waals surface area contributed by atoms with Gasteiger partial charge in [0, 0.05) is 12.2 Å². The van der Waals surface area contributed by atoms with E-state index in [9.17, 15) is 14.3 Å². The molecule has 0 unspecified atom stereocenters. The van der Waals surface area contributed by atoms with E-state index in [1.165, 1.54) is 19.2 Å². The molecular weight excluding hydrogens is 275 g/mol. The number of carbonyl (C=O) groups excluding carboxylic acids is 1. The Kier molecular flexibility index (Phi) is 4.61. The standard InChI is InChI=1S/C15H15FN2O3/c1-21-15(20)18-14-6-5-11(8-13(14)16)17-9-10-3-2-4-12(19)7-10/h2-8,17,19H,9H2,1H3,(H,18,20). The van der Waals surface area contributed by atoms with Crippen LogP contribution in [0, 0.1) is 5.82 Å². The predicted octanol–water partition coefficient (Wildman–Crippen LogP) is 3.32. The van der Waals surface area contributed by atoms with E-state index in [-0.39, 0.29) is 11.4 Å². The van der Waals surface area contributed by atoms with Crippen LogP contribution in [0.5, 0.6) is 5.75 Å². The number of ether oxygens (including phenoxy) is 1. The fourth-order valence-corrected chi connectivity index (χ4v) is 1.76. The SMILES string of the molecule is COC(=O)Nc1ccc(NCc2cccc(O)c2)cc1F. The second-order valence-corrected chi connectivity index (χ2v) is 4.33. The molecule has 0 saturated carbocycles. The lowest BCUT2D eigenvalue weighted by Crippen LogP contribution is -2.12. The van der Waals surface area contributed by atoms with Gasteiger partial charge in [-0.2, -0.15) is 0 Å². The number of phenolic OH excluding ortho intramolecular Hbond substituents is 1.